The van der Waals surface area contributed by atoms with E-state index in [4.69, 9.17) is 11.5 Å². The zero-order valence-electron chi connectivity index (χ0n) is 19.8. The van der Waals surface area contributed by atoms with Crippen molar-refractivity contribution in [3.63, 3.8) is 0 Å². The number of aromatic hydroxyl groups is 1. The molecule has 0 aromatic heterocycles. The average Bonchev–Trinajstić information content (AvgIpc) is 2.77. The van der Waals surface area contributed by atoms with Crippen LogP contribution in [-0.2, 0) is 25.6 Å². The van der Waals surface area contributed by atoms with E-state index in [1.54, 1.807) is 12.1 Å². The smallest absolute Gasteiger partial charge is 0.326 e. The largest absolute Gasteiger partial charge is 0.508 e. The maximum Gasteiger partial charge on any atom is 0.326 e. The number of nitrogens with one attached hydrogen (secondary N) is 3. The van der Waals surface area contributed by atoms with Crippen LogP contribution in [0.2, 0.25) is 0 Å². The van der Waals surface area contributed by atoms with Crippen molar-refractivity contribution in [2.45, 2.75) is 64.1 Å². The van der Waals surface area contributed by atoms with Gasteiger partial charge in [0.25, 0.3) is 0 Å². The summed E-state index contributed by atoms with van der Waals surface area (Å²) in [5, 5.41) is 26.2. The summed E-state index contributed by atoms with van der Waals surface area (Å²) in [7, 11) is 0. The van der Waals surface area contributed by atoms with Crippen LogP contribution in [0.1, 0.15) is 45.1 Å². The number of carboxylic acid groups (broad SMARTS) is 1. The Morgan fingerprint density at radius 1 is 0.971 bits per heavy atom. The third kappa shape index (κ3) is 11.1. The van der Waals surface area contributed by atoms with Crippen molar-refractivity contribution in [1.29, 1.82) is 0 Å². The Morgan fingerprint density at radius 3 is 2.18 bits per heavy atom. The van der Waals surface area contributed by atoms with E-state index in [1.807, 2.05) is 13.8 Å². The summed E-state index contributed by atoms with van der Waals surface area (Å²) < 4.78 is 0. The Bertz CT molecular complexity index is 815. The Balaban J connectivity index is 2.64. The summed E-state index contributed by atoms with van der Waals surface area (Å²) in [6.07, 6.45) is 2.23. The fourth-order valence-electron chi connectivity index (χ4n) is 3.23. The second-order valence-electron chi connectivity index (χ2n) is 8.63. The number of amides is 3. The van der Waals surface area contributed by atoms with E-state index in [-0.39, 0.29) is 18.1 Å². The highest BCUT2D eigenvalue weighted by atomic mass is 16.4. The molecule has 0 aliphatic heterocycles. The molecular formula is C23H37N5O6. The zero-order valence-corrected chi connectivity index (χ0v) is 19.8. The van der Waals surface area contributed by atoms with Gasteiger partial charge in [0.05, 0.1) is 12.6 Å². The molecule has 9 N–H and O–H groups in total. The third-order valence-electron chi connectivity index (χ3n) is 5.08. The number of carboxylic acids is 1. The van der Waals surface area contributed by atoms with E-state index in [1.165, 1.54) is 12.1 Å². The summed E-state index contributed by atoms with van der Waals surface area (Å²) >= 11 is 0. The molecule has 1 rings (SSSR count). The van der Waals surface area contributed by atoms with Gasteiger partial charge < -0.3 is 37.6 Å². The maximum atomic E-state index is 12.6. The molecule has 190 valence electrons. The number of phenolic OH excluding ortho intramolecular Hbond substituents is 1. The van der Waals surface area contributed by atoms with Crippen LogP contribution in [0, 0.1) is 5.92 Å². The highest BCUT2D eigenvalue weighted by molar-refractivity contribution is 5.92. The van der Waals surface area contributed by atoms with Crippen molar-refractivity contribution in [2.75, 3.05) is 13.1 Å². The van der Waals surface area contributed by atoms with Gasteiger partial charge in [-0.3, -0.25) is 14.4 Å². The maximum absolute atomic E-state index is 12.6. The van der Waals surface area contributed by atoms with E-state index in [0.29, 0.717) is 31.4 Å². The number of nitrogens with two attached hydrogens (primary N) is 2. The molecular weight excluding hydrogens is 442 g/mol. The Kier molecular flexibility index (Phi) is 12.6. The van der Waals surface area contributed by atoms with Crippen LogP contribution in [-0.4, -0.2) is 65.1 Å². The van der Waals surface area contributed by atoms with Crippen LogP contribution in [0.5, 0.6) is 5.75 Å². The molecule has 34 heavy (non-hydrogen) atoms. The van der Waals surface area contributed by atoms with Crippen molar-refractivity contribution in [2.24, 2.45) is 17.4 Å². The zero-order chi connectivity index (χ0) is 25.7. The molecule has 0 radical (unpaired) electrons. The summed E-state index contributed by atoms with van der Waals surface area (Å²) in [4.78, 5) is 48.8. The van der Waals surface area contributed by atoms with Crippen LogP contribution >= 0.6 is 0 Å². The number of hydrogen-bond donors (Lipinski definition) is 7. The Labute approximate surface area is 199 Å². The normalized spacial score (nSPS) is 13.6. The fourth-order valence-corrected chi connectivity index (χ4v) is 3.23. The second kappa shape index (κ2) is 14.9. The van der Waals surface area contributed by atoms with Gasteiger partial charge in [0.15, 0.2) is 0 Å². The van der Waals surface area contributed by atoms with Crippen molar-refractivity contribution in [3.8, 4) is 5.75 Å². The van der Waals surface area contributed by atoms with E-state index in [0.717, 1.165) is 6.42 Å². The Morgan fingerprint density at radius 2 is 1.62 bits per heavy atom. The number of rotatable bonds is 15. The first-order valence-corrected chi connectivity index (χ1v) is 11.4. The van der Waals surface area contributed by atoms with Crippen molar-refractivity contribution in [3.05, 3.63) is 29.8 Å². The molecule has 3 atom stereocenters. The first-order chi connectivity index (χ1) is 16.0. The van der Waals surface area contributed by atoms with Gasteiger partial charge in [0.1, 0.15) is 17.8 Å². The molecule has 0 heterocycles. The topological polar surface area (TPSA) is 197 Å². The van der Waals surface area contributed by atoms with Crippen LogP contribution in [0.15, 0.2) is 24.3 Å². The summed E-state index contributed by atoms with van der Waals surface area (Å²) in [6.45, 7) is 3.83. The molecule has 0 aliphatic carbocycles. The molecule has 0 bridgehead atoms. The predicted molar refractivity (Wildman–Crippen MR) is 127 cm³/mol. The number of carbonyl (C=O) groups is 4. The van der Waals surface area contributed by atoms with Crippen molar-refractivity contribution in [1.82, 2.24) is 16.0 Å². The number of carbonyl (C=O) groups excluding carboxylic acids is 3. The average molecular weight is 480 g/mol. The molecule has 0 fully saturated rings. The molecule has 11 nitrogen and oxygen atoms in total. The van der Waals surface area contributed by atoms with Gasteiger partial charge in [-0.2, -0.15) is 0 Å². The molecule has 1 aromatic rings. The van der Waals surface area contributed by atoms with Gasteiger partial charge in [0, 0.05) is 6.42 Å². The van der Waals surface area contributed by atoms with Crippen LogP contribution < -0.4 is 27.4 Å². The number of aliphatic carboxylic acids is 1. The second-order valence-corrected chi connectivity index (χ2v) is 8.63. The standard InChI is InChI=1S/C23H37N5O6/c1-14(2)11-18(28-21(31)17(25)5-3-4-10-24)22(32)26-13-20(30)27-19(23(33)34)12-15-6-8-16(29)9-7-15/h6-9,14,17-19,29H,3-5,10-13,24-25H2,1-2H3,(H,26,32)(H,27,30)(H,28,31)(H,33,34). The van der Waals surface area contributed by atoms with Crippen LogP contribution in [0.3, 0.4) is 0 Å². The minimum Gasteiger partial charge on any atom is -0.508 e. The molecule has 0 saturated carbocycles. The van der Waals surface area contributed by atoms with Crippen LogP contribution in [0.25, 0.3) is 0 Å². The number of hydrogen-bond acceptors (Lipinski definition) is 7. The van der Waals surface area contributed by atoms with Gasteiger partial charge in [-0.05, 0) is 49.4 Å². The molecule has 0 saturated heterocycles. The van der Waals surface area contributed by atoms with Gasteiger partial charge in [0.2, 0.25) is 17.7 Å². The lowest BCUT2D eigenvalue weighted by atomic mass is 10.0. The van der Waals surface area contributed by atoms with Gasteiger partial charge in [-0.25, -0.2) is 4.79 Å². The lowest BCUT2D eigenvalue weighted by molar-refractivity contribution is -0.141. The first kappa shape index (κ1) is 28.9. The van der Waals surface area contributed by atoms with E-state index in [2.05, 4.69) is 16.0 Å². The monoisotopic (exact) mass is 479 g/mol. The van der Waals surface area contributed by atoms with Crippen molar-refractivity contribution >= 4 is 23.7 Å². The minimum absolute atomic E-state index is 0.00335. The summed E-state index contributed by atoms with van der Waals surface area (Å²) in [5.41, 5.74) is 12.0. The molecule has 3 amide bonds. The predicted octanol–water partition coefficient (Wildman–Crippen LogP) is -0.392. The van der Waals surface area contributed by atoms with E-state index in [9.17, 15) is 29.4 Å². The number of unbranched alkanes of at least 4 members (excludes halogenated alkanes) is 1. The SMILES string of the molecule is CC(C)CC(NC(=O)C(N)CCCCN)C(=O)NCC(=O)NC(Cc1ccc(O)cc1)C(=O)O. The van der Waals surface area contributed by atoms with Gasteiger partial charge >= 0.3 is 5.97 Å². The highest BCUT2D eigenvalue weighted by Crippen LogP contribution is 2.11. The van der Waals surface area contributed by atoms with E-state index < -0.39 is 48.4 Å². The molecule has 11 heteroatoms. The fraction of sp³-hybridized carbons (Fsp3) is 0.565. The lowest BCUT2D eigenvalue weighted by Crippen LogP contribution is -2.54. The molecule has 0 spiro atoms. The van der Waals surface area contributed by atoms with Crippen LogP contribution in [0.4, 0.5) is 0 Å². The summed E-state index contributed by atoms with van der Waals surface area (Å²) in [5.74, 6) is -2.81. The minimum atomic E-state index is -1.23. The number of benzene rings is 1. The van der Waals surface area contributed by atoms with Crippen molar-refractivity contribution < 1.29 is 29.4 Å². The van der Waals surface area contributed by atoms with Gasteiger partial charge in [-0.15, -0.1) is 0 Å². The highest BCUT2D eigenvalue weighted by Gasteiger charge is 2.26. The lowest BCUT2D eigenvalue weighted by Gasteiger charge is -2.22. The summed E-state index contributed by atoms with van der Waals surface area (Å²) in [6, 6.07) is 3.08. The Hall–Kier alpha value is -3.18. The quantitative estimate of drug-likeness (QED) is 0.165. The molecule has 3 unspecified atom stereocenters. The first-order valence-electron chi connectivity index (χ1n) is 11.4. The third-order valence-corrected chi connectivity index (χ3v) is 5.08. The molecule has 1 aromatic carbocycles. The number of phenols is 1. The van der Waals surface area contributed by atoms with Gasteiger partial charge in [-0.1, -0.05) is 32.4 Å². The van der Waals surface area contributed by atoms with E-state index >= 15 is 0 Å². The molecule has 0 aliphatic rings.